The van der Waals surface area contributed by atoms with Crippen LogP contribution in [0.2, 0.25) is 0 Å². The lowest BCUT2D eigenvalue weighted by Gasteiger charge is -2.44. The molecule has 1 aromatic rings. The smallest absolute Gasteiger partial charge is 0.161 e. The van der Waals surface area contributed by atoms with Crippen molar-refractivity contribution in [2.24, 2.45) is 5.92 Å². The molecule has 1 heterocycles. The zero-order valence-corrected chi connectivity index (χ0v) is 13.1. The van der Waals surface area contributed by atoms with Crippen LogP contribution < -0.4 is 4.74 Å². The number of phenols is 1. The molecule has 1 aromatic carbocycles. The largest absolute Gasteiger partial charge is 0.504 e. The summed E-state index contributed by atoms with van der Waals surface area (Å²) >= 11 is 0. The van der Waals surface area contributed by atoms with Crippen LogP contribution in [-0.2, 0) is 6.54 Å². The van der Waals surface area contributed by atoms with E-state index in [0.717, 1.165) is 18.5 Å². The molecule has 1 aliphatic heterocycles. The van der Waals surface area contributed by atoms with Crippen molar-refractivity contribution in [3.8, 4) is 11.5 Å². The highest BCUT2D eigenvalue weighted by atomic mass is 16.5. The lowest BCUT2D eigenvalue weighted by Crippen LogP contribution is -2.46. The number of benzene rings is 1. The Kier molecular flexibility index (Phi) is 4.69. The van der Waals surface area contributed by atoms with Crippen molar-refractivity contribution in [2.45, 2.75) is 58.0 Å². The summed E-state index contributed by atoms with van der Waals surface area (Å²) in [5.74, 6) is 1.78. The van der Waals surface area contributed by atoms with Gasteiger partial charge >= 0.3 is 0 Å². The minimum Gasteiger partial charge on any atom is -0.504 e. The van der Waals surface area contributed by atoms with E-state index in [9.17, 15) is 5.11 Å². The third-order valence-corrected chi connectivity index (χ3v) is 5.07. The van der Waals surface area contributed by atoms with Crippen LogP contribution in [0.25, 0.3) is 0 Å². The fraction of sp³-hybridized carbons (Fsp3) is 0.667. The highest BCUT2D eigenvalue weighted by Crippen LogP contribution is 2.36. The Labute approximate surface area is 127 Å². The van der Waals surface area contributed by atoms with E-state index in [1.165, 1.54) is 50.6 Å². The van der Waals surface area contributed by atoms with Crippen LogP contribution in [0.3, 0.4) is 0 Å². The highest BCUT2D eigenvalue weighted by molar-refractivity contribution is 5.41. The minimum absolute atomic E-state index is 0.245. The molecule has 3 heteroatoms. The molecular weight excluding hydrogens is 262 g/mol. The van der Waals surface area contributed by atoms with E-state index in [0.29, 0.717) is 12.4 Å². The monoisotopic (exact) mass is 289 g/mol. The van der Waals surface area contributed by atoms with Crippen molar-refractivity contribution < 1.29 is 9.84 Å². The maximum Gasteiger partial charge on any atom is 0.161 e. The van der Waals surface area contributed by atoms with Crippen LogP contribution in [0, 0.1) is 5.92 Å². The SMILES string of the molecule is CCOc1cc(CN2CCCC3CCCCC32)ccc1O. The molecule has 21 heavy (non-hydrogen) atoms. The number of likely N-dealkylation sites (tertiary alicyclic amines) is 1. The molecule has 0 radical (unpaired) electrons. The molecule has 0 spiro atoms. The number of aromatic hydroxyl groups is 1. The molecule has 2 aliphatic rings. The van der Waals surface area contributed by atoms with Gasteiger partial charge in [0.25, 0.3) is 0 Å². The summed E-state index contributed by atoms with van der Waals surface area (Å²) < 4.78 is 5.50. The topological polar surface area (TPSA) is 32.7 Å². The fourth-order valence-electron chi connectivity index (χ4n) is 4.09. The van der Waals surface area contributed by atoms with E-state index < -0.39 is 0 Å². The van der Waals surface area contributed by atoms with Gasteiger partial charge in [0.2, 0.25) is 0 Å². The van der Waals surface area contributed by atoms with E-state index >= 15 is 0 Å². The molecule has 2 fully saturated rings. The van der Waals surface area contributed by atoms with Crippen LogP contribution >= 0.6 is 0 Å². The van der Waals surface area contributed by atoms with Gasteiger partial charge in [0.05, 0.1) is 6.61 Å². The van der Waals surface area contributed by atoms with E-state index in [2.05, 4.69) is 4.90 Å². The normalized spacial score (nSPS) is 26.3. The van der Waals surface area contributed by atoms with Crippen molar-refractivity contribution in [3.63, 3.8) is 0 Å². The Hall–Kier alpha value is -1.22. The van der Waals surface area contributed by atoms with Gasteiger partial charge in [-0.3, -0.25) is 4.90 Å². The van der Waals surface area contributed by atoms with E-state index in [1.807, 2.05) is 19.1 Å². The van der Waals surface area contributed by atoms with Gasteiger partial charge in [0, 0.05) is 12.6 Å². The second kappa shape index (κ2) is 6.69. The van der Waals surface area contributed by atoms with Crippen LogP contribution in [0.15, 0.2) is 18.2 Å². The minimum atomic E-state index is 0.245. The van der Waals surface area contributed by atoms with Crippen molar-refractivity contribution in [1.29, 1.82) is 0 Å². The van der Waals surface area contributed by atoms with Gasteiger partial charge in [-0.15, -0.1) is 0 Å². The summed E-state index contributed by atoms with van der Waals surface area (Å²) in [5, 5.41) is 9.82. The summed E-state index contributed by atoms with van der Waals surface area (Å²) in [4.78, 5) is 2.66. The maximum absolute atomic E-state index is 9.82. The second-order valence-electron chi connectivity index (χ2n) is 6.46. The van der Waals surface area contributed by atoms with Gasteiger partial charge in [-0.2, -0.15) is 0 Å². The molecule has 2 atom stereocenters. The Morgan fingerprint density at radius 1 is 1.19 bits per heavy atom. The van der Waals surface area contributed by atoms with E-state index in [1.54, 1.807) is 6.07 Å². The first-order valence-electron chi connectivity index (χ1n) is 8.46. The van der Waals surface area contributed by atoms with Crippen LogP contribution in [0.1, 0.15) is 51.0 Å². The molecule has 1 N–H and O–H groups in total. The molecule has 3 rings (SSSR count). The maximum atomic E-state index is 9.82. The average molecular weight is 289 g/mol. The highest BCUT2D eigenvalue weighted by Gasteiger charge is 2.32. The number of rotatable bonds is 4. The molecule has 0 amide bonds. The van der Waals surface area contributed by atoms with Crippen molar-refractivity contribution >= 4 is 0 Å². The van der Waals surface area contributed by atoms with E-state index in [4.69, 9.17) is 4.74 Å². The Bertz CT molecular complexity index is 472. The quantitative estimate of drug-likeness (QED) is 0.911. The van der Waals surface area contributed by atoms with Gasteiger partial charge in [-0.1, -0.05) is 18.9 Å². The number of hydrogen-bond acceptors (Lipinski definition) is 3. The lowest BCUT2D eigenvalue weighted by atomic mass is 9.78. The third-order valence-electron chi connectivity index (χ3n) is 5.07. The van der Waals surface area contributed by atoms with Crippen LogP contribution in [0.4, 0.5) is 0 Å². The number of nitrogens with zero attached hydrogens (tertiary/aromatic N) is 1. The number of fused-ring (bicyclic) bond motifs is 1. The Balaban J connectivity index is 1.71. The van der Waals surface area contributed by atoms with Crippen molar-refractivity contribution in [2.75, 3.05) is 13.2 Å². The van der Waals surface area contributed by atoms with Gasteiger partial charge < -0.3 is 9.84 Å². The predicted molar refractivity (Wildman–Crippen MR) is 84.7 cm³/mol. The first kappa shape index (κ1) is 14.7. The van der Waals surface area contributed by atoms with E-state index in [-0.39, 0.29) is 5.75 Å². The first-order chi connectivity index (χ1) is 10.3. The lowest BCUT2D eigenvalue weighted by molar-refractivity contribution is 0.0546. The zero-order valence-electron chi connectivity index (χ0n) is 13.1. The van der Waals surface area contributed by atoms with Crippen LogP contribution in [0.5, 0.6) is 11.5 Å². The van der Waals surface area contributed by atoms with Crippen molar-refractivity contribution in [3.05, 3.63) is 23.8 Å². The van der Waals surface area contributed by atoms with Crippen LogP contribution in [-0.4, -0.2) is 29.2 Å². The Morgan fingerprint density at radius 2 is 2.00 bits per heavy atom. The summed E-state index contributed by atoms with van der Waals surface area (Å²) in [6, 6.07) is 6.58. The molecule has 0 bridgehead atoms. The summed E-state index contributed by atoms with van der Waals surface area (Å²) in [7, 11) is 0. The summed E-state index contributed by atoms with van der Waals surface area (Å²) in [5.41, 5.74) is 1.25. The second-order valence-corrected chi connectivity index (χ2v) is 6.46. The molecule has 1 saturated carbocycles. The molecule has 0 aromatic heterocycles. The van der Waals surface area contributed by atoms with Gasteiger partial charge in [-0.25, -0.2) is 0 Å². The van der Waals surface area contributed by atoms with Gasteiger partial charge in [0.1, 0.15) is 0 Å². The molecule has 1 aliphatic carbocycles. The fourth-order valence-corrected chi connectivity index (χ4v) is 4.09. The number of hydrogen-bond donors (Lipinski definition) is 1. The summed E-state index contributed by atoms with van der Waals surface area (Å²) in [6.07, 6.45) is 8.33. The first-order valence-corrected chi connectivity index (χ1v) is 8.46. The van der Waals surface area contributed by atoms with Gasteiger partial charge in [0.15, 0.2) is 11.5 Å². The molecular formula is C18H27NO2. The standard InChI is InChI=1S/C18H27NO2/c1-2-21-18-12-14(9-10-17(18)20)13-19-11-5-7-15-6-3-4-8-16(15)19/h9-10,12,15-16,20H,2-8,11,13H2,1H3. The number of ether oxygens (including phenoxy) is 1. The molecule has 1 saturated heterocycles. The summed E-state index contributed by atoms with van der Waals surface area (Å²) in [6.45, 7) is 4.74. The molecule has 116 valence electrons. The Morgan fingerprint density at radius 3 is 2.86 bits per heavy atom. The van der Waals surface area contributed by atoms with Crippen molar-refractivity contribution in [1.82, 2.24) is 4.90 Å². The van der Waals surface area contributed by atoms with Gasteiger partial charge in [-0.05, 0) is 62.8 Å². The predicted octanol–water partition coefficient (Wildman–Crippen LogP) is 3.95. The number of piperidine rings is 1. The average Bonchev–Trinajstić information content (AvgIpc) is 2.51. The number of phenolic OH excluding ortho intramolecular Hbond substituents is 1. The molecule has 3 nitrogen and oxygen atoms in total. The third kappa shape index (κ3) is 3.34. The zero-order chi connectivity index (χ0) is 14.7. The molecule has 2 unspecified atom stereocenters.